The standard InChI is InChI=1S/C20H19ClN4OS/c1-2-12-25-19(16-10-6-7-11-17(16)21)23-24-20(25)27-14-18(26)22-13-15-8-4-3-5-9-15/h2-11H,1,12-14H2,(H,22,26). The van der Waals surface area contributed by atoms with E-state index in [1.807, 2.05) is 59.2 Å². The van der Waals surface area contributed by atoms with Gasteiger partial charge in [-0.15, -0.1) is 16.8 Å². The number of carbonyl (C=O) groups is 1. The van der Waals surface area contributed by atoms with Crippen LogP contribution in [-0.2, 0) is 17.9 Å². The van der Waals surface area contributed by atoms with Gasteiger partial charge in [0.2, 0.25) is 5.91 Å². The van der Waals surface area contributed by atoms with Crippen molar-refractivity contribution in [3.8, 4) is 11.4 Å². The van der Waals surface area contributed by atoms with E-state index in [9.17, 15) is 4.79 Å². The molecule has 0 bridgehead atoms. The van der Waals surface area contributed by atoms with Gasteiger partial charge >= 0.3 is 0 Å². The molecule has 0 aliphatic heterocycles. The molecule has 1 amide bonds. The summed E-state index contributed by atoms with van der Waals surface area (Å²) in [5.41, 5.74) is 1.86. The summed E-state index contributed by atoms with van der Waals surface area (Å²) in [5, 5.41) is 12.7. The number of halogens is 1. The first-order chi connectivity index (χ1) is 13.2. The highest BCUT2D eigenvalue weighted by molar-refractivity contribution is 7.99. The summed E-state index contributed by atoms with van der Waals surface area (Å²) in [7, 11) is 0. The first-order valence-corrected chi connectivity index (χ1v) is 9.78. The average molecular weight is 399 g/mol. The summed E-state index contributed by atoms with van der Waals surface area (Å²) < 4.78 is 1.91. The van der Waals surface area contributed by atoms with Crippen LogP contribution < -0.4 is 5.32 Å². The molecule has 5 nitrogen and oxygen atoms in total. The quantitative estimate of drug-likeness (QED) is 0.456. The van der Waals surface area contributed by atoms with Crippen molar-refractivity contribution in [2.75, 3.05) is 5.75 Å². The van der Waals surface area contributed by atoms with Gasteiger partial charge in [0, 0.05) is 18.7 Å². The van der Waals surface area contributed by atoms with E-state index in [0.29, 0.717) is 29.1 Å². The molecular weight excluding hydrogens is 380 g/mol. The molecule has 0 fully saturated rings. The first-order valence-electron chi connectivity index (χ1n) is 8.41. The second kappa shape index (κ2) is 9.39. The zero-order valence-electron chi connectivity index (χ0n) is 14.6. The number of allylic oxidation sites excluding steroid dienone is 1. The van der Waals surface area contributed by atoms with Gasteiger partial charge in [-0.25, -0.2) is 0 Å². The highest BCUT2D eigenvalue weighted by Gasteiger charge is 2.16. The molecule has 27 heavy (non-hydrogen) atoms. The van der Waals surface area contributed by atoms with Crippen LogP contribution in [0.1, 0.15) is 5.56 Å². The van der Waals surface area contributed by atoms with E-state index in [2.05, 4.69) is 22.1 Å². The summed E-state index contributed by atoms with van der Waals surface area (Å²) >= 11 is 7.63. The smallest absolute Gasteiger partial charge is 0.230 e. The molecule has 7 heteroatoms. The van der Waals surface area contributed by atoms with Crippen LogP contribution in [0.5, 0.6) is 0 Å². The number of carbonyl (C=O) groups excluding carboxylic acids is 1. The number of aromatic nitrogens is 3. The molecule has 0 aliphatic carbocycles. The summed E-state index contributed by atoms with van der Waals surface area (Å²) in [6, 6.07) is 17.3. The first kappa shape index (κ1) is 19.2. The van der Waals surface area contributed by atoms with Crippen LogP contribution >= 0.6 is 23.4 Å². The van der Waals surface area contributed by atoms with Crippen molar-refractivity contribution in [3.63, 3.8) is 0 Å². The molecule has 1 aromatic heterocycles. The third-order valence-electron chi connectivity index (χ3n) is 3.81. The molecule has 0 unspecified atom stereocenters. The number of hydrogen-bond acceptors (Lipinski definition) is 4. The maximum absolute atomic E-state index is 12.2. The molecule has 0 aliphatic rings. The minimum absolute atomic E-state index is 0.0590. The highest BCUT2D eigenvalue weighted by Crippen LogP contribution is 2.29. The second-order valence-corrected chi connectivity index (χ2v) is 7.09. The molecule has 0 saturated carbocycles. The van der Waals surface area contributed by atoms with Crippen LogP contribution in [0.3, 0.4) is 0 Å². The number of hydrogen-bond donors (Lipinski definition) is 1. The molecule has 3 aromatic rings. The number of amides is 1. The zero-order chi connectivity index (χ0) is 19.1. The van der Waals surface area contributed by atoms with Gasteiger partial charge in [-0.2, -0.15) is 0 Å². The normalized spacial score (nSPS) is 10.6. The summed E-state index contributed by atoms with van der Waals surface area (Å²) in [6.07, 6.45) is 1.77. The minimum Gasteiger partial charge on any atom is -0.351 e. The van der Waals surface area contributed by atoms with Gasteiger partial charge in [0.1, 0.15) is 0 Å². The van der Waals surface area contributed by atoms with Gasteiger partial charge in [-0.3, -0.25) is 9.36 Å². The Morgan fingerprint density at radius 3 is 2.63 bits per heavy atom. The van der Waals surface area contributed by atoms with Crippen LogP contribution in [-0.4, -0.2) is 26.4 Å². The Morgan fingerprint density at radius 1 is 1.15 bits per heavy atom. The number of benzene rings is 2. The van der Waals surface area contributed by atoms with Crippen LogP contribution in [0.25, 0.3) is 11.4 Å². The van der Waals surface area contributed by atoms with Crippen LogP contribution in [0.15, 0.2) is 72.4 Å². The fourth-order valence-electron chi connectivity index (χ4n) is 2.51. The fraction of sp³-hybridized carbons (Fsp3) is 0.150. The lowest BCUT2D eigenvalue weighted by atomic mass is 10.2. The second-order valence-electron chi connectivity index (χ2n) is 5.74. The maximum Gasteiger partial charge on any atom is 0.230 e. The van der Waals surface area contributed by atoms with E-state index in [1.165, 1.54) is 11.8 Å². The number of thioether (sulfide) groups is 1. The monoisotopic (exact) mass is 398 g/mol. The Labute approximate surface area is 167 Å². The van der Waals surface area contributed by atoms with Gasteiger partial charge in [0.05, 0.1) is 10.8 Å². The van der Waals surface area contributed by atoms with Gasteiger partial charge in [0.25, 0.3) is 0 Å². The largest absolute Gasteiger partial charge is 0.351 e. The Hall–Kier alpha value is -2.57. The van der Waals surface area contributed by atoms with E-state index < -0.39 is 0 Å². The molecular formula is C20H19ClN4OS. The van der Waals surface area contributed by atoms with E-state index in [0.717, 1.165) is 11.1 Å². The van der Waals surface area contributed by atoms with Crippen molar-refractivity contribution >= 4 is 29.3 Å². The van der Waals surface area contributed by atoms with E-state index in [1.54, 1.807) is 6.08 Å². The Kier molecular flexibility index (Phi) is 6.68. The van der Waals surface area contributed by atoms with Crippen LogP contribution in [0.2, 0.25) is 5.02 Å². The Morgan fingerprint density at radius 2 is 1.89 bits per heavy atom. The topological polar surface area (TPSA) is 59.8 Å². The summed E-state index contributed by atoms with van der Waals surface area (Å²) in [5.74, 6) is 0.856. The molecule has 1 N–H and O–H groups in total. The van der Waals surface area contributed by atoms with Gasteiger partial charge in [-0.05, 0) is 17.7 Å². The van der Waals surface area contributed by atoms with Gasteiger partial charge in [0.15, 0.2) is 11.0 Å². The van der Waals surface area contributed by atoms with E-state index >= 15 is 0 Å². The van der Waals surface area contributed by atoms with Gasteiger partial charge in [-0.1, -0.05) is 71.9 Å². The molecule has 0 atom stereocenters. The Balaban J connectivity index is 1.67. The Bertz CT molecular complexity index is 927. The zero-order valence-corrected chi connectivity index (χ0v) is 16.2. The molecule has 0 saturated heterocycles. The number of nitrogens with zero attached hydrogens (tertiary/aromatic N) is 3. The molecule has 2 aromatic carbocycles. The molecule has 0 spiro atoms. The van der Waals surface area contributed by atoms with Crippen molar-refractivity contribution in [1.82, 2.24) is 20.1 Å². The van der Waals surface area contributed by atoms with Crippen molar-refractivity contribution in [1.29, 1.82) is 0 Å². The van der Waals surface area contributed by atoms with Crippen LogP contribution in [0.4, 0.5) is 0 Å². The van der Waals surface area contributed by atoms with Crippen molar-refractivity contribution in [2.24, 2.45) is 0 Å². The fourth-order valence-corrected chi connectivity index (χ4v) is 3.51. The lowest BCUT2D eigenvalue weighted by molar-refractivity contribution is -0.118. The van der Waals surface area contributed by atoms with Crippen molar-refractivity contribution in [2.45, 2.75) is 18.2 Å². The van der Waals surface area contributed by atoms with Crippen molar-refractivity contribution < 1.29 is 4.79 Å². The average Bonchev–Trinajstić information content (AvgIpc) is 3.09. The van der Waals surface area contributed by atoms with Crippen molar-refractivity contribution in [3.05, 3.63) is 77.8 Å². The lowest BCUT2D eigenvalue weighted by Crippen LogP contribution is -2.24. The molecule has 1 heterocycles. The number of nitrogens with one attached hydrogen (secondary N) is 1. The van der Waals surface area contributed by atoms with E-state index in [-0.39, 0.29) is 11.7 Å². The third-order valence-corrected chi connectivity index (χ3v) is 5.10. The van der Waals surface area contributed by atoms with Gasteiger partial charge < -0.3 is 5.32 Å². The van der Waals surface area contributed by atoms with Crippen LogP contribution in [0, 0.1) is 0 Å². The summed E-state index contributed by atoms with van der Waals surface area (Å²) in [6.45, 7) is 4.83. The molecule has 0 radical (unpaired) electrons. The highest BCUT2D eigenvalue weighted by atomic mass is 35.5. The predicted octanol–water partition coefficient (Wildman–Crippen LogP) is 4.19. The molecule has 138 valence electrons. The minimum atomic E-state index is -0.0590. The molecule has 3 rings (SSSR count). The third kappa shape index (κ3) is 4.99. The number of rotatable bonds is 8. The summed E-state index contributed by atoms with van der Waals surface area (Å²) in [4.78, 5) is 12.2. The SMILES string of the molecule is C=CCn1c(SCC(=O)NCc2ccccc2)nnc1-c1ccccc1Cl. The predicted molar refractivity (Wildman–Crippen MR) is 110 cm³/mol. The van der Waals surface area contributed by atoms with E-state index in [4.69, 9.17) is 11.6 Å². The maximum atomic E-state index is 12.2. The lowest BCUT2D eigenvalue weighted by Gasteiger charge is -2.09.